The molecule has 0 aromatic heterocycles. The fourth-order valence-electron chi connectivity index (χ4n) is 2.90. The van der Waals surface area contributed by atoms with Crippen LogP contribution in [0.4, 0.5) is 0 Å². The molecule has 1 saturated heterocycles. The quantitative estimate of drug-likeness (QED) is 0.899. The van der Waals surface area contributed by atoms with Gasteiger partial charge in [-0.25, -0.2) is 0 Å². The van der Waals surface area contributed by atoms with E-state index in [1.54, 1.807) is 0 Å². The van der Waals surface area contributed by atoms with Crippen LogP contribution in [0.1, 0.15) is 33.3 Å². The summed E-state index contributed by atoms with van der Waals surface area (Å²) in [5, 5.41) is 3.61. The molecule has 1 aromatic rings. The third-order valence-electron chi connectivity index (χ3n) is 4.15. The average Bonchev–Trinajstić information content (AvgIpc) is 2.44. The molecule has 0 radical (unpaired) electrons. The van der Waals surface area contributed by atoms with Gasteiger partial charge in [0.15, 0.2) is 0 Å². The van der Waals surface area contributed by atoms with E-state index in [0.717, 1.165) is 26.1 Å². The first kappa shape index (κ1) is 14.5. The third kappa shape index (κ3) is 4.05. The summed E-state index contributed by atoms with van der Waals surface area (Å²) in [5.41, 5.74) is 2.03. The second-order valence-electron chi connectivity index (χ2n) is 7.24. The molecule has 0 spiro atoms. The highest BCUT2D eigenvalue weighted by Crippen LogP contribution is 2.25. The lowest BCUT2D eigenvalue weighted by Gasteiger charge is -2.39. The summed E-state index contributed by atoms with van der Waals surface area (Å²) in [5.74, 6) is 0. The summed E-state index contributed by atoms with van der Waals surface area (Å²) >= 11 is 0. The lowest BCUT2D eigenvalue weighted by atomic mass is 9.92. The Balaban J connectivity index is 2.03. The van der Waals surface area contributed by atoms with E-state index in [0.29, 0.717) is 5.41 Å². The SMILES string of the molecule is CC1(C)CNCC(C)(C)N(CCc2ccccc2)C1. The van der Waals surface area contributed by atoms with Gasteiger partial charge in [-0.15, -0.1) is 0 Å². The predicted octanol–water partition coefficient (Wildman–Crippen LogP) is 2.94. The first-order valence-corrected chi connectivity index (χ1v) is 7.39. The van der Waals surface area contributed by atoms with E-state index >= 15 is 0 Å². The van der Waals surface area contributed by atoms with Gasteiger partial charge in [0.1, 0.15) is 0 Å². The Morgan fingerprint density at radius 1 is 1.05 bits per heavy atom. The normalized spacial score (nSPS) is 22.9. The molecule has 1 N–H and O–H groups in total. The van der Waals surface area contributed by atoms with Crippen LogP contribution in [0.15, 0.2) is 30.3 Å². The van der Waals surface area contributed by atoms with E-state index in [-0.39, 0.29) is 5.54 Å². The fourth-order valence-corrected chi connectivity index (χ4v) is 2.90. The largest absolute Gasteiger partial charge is 0.314 e. The Bertz CT molecular complexity index is 395. The predicted molar refractivity (Wildman–Crippen MR) is 82.4 cm³/mol. The Hall–Kier alpha value is -0.860. The van der Waals surface area contributed by atoms with E-state index in [9.17, 15) is 0 Å². The molecule has 1 heterocycles. The Morgan fingerprint density at radius 2 is 1.74 bits per heavy atom. The Kier molecular flexibility index (Phi) is 4.32. The van der Waals surface area contributed by atoms with E-state index in [1.165, 1.54) is 12.1 Å². The monoisotopic (exact) mass is 260 g/mol. The highest BCUT2D eigenvalue weighted by atomic mass is 15.2. The number of benzene rings is 1. The van der Waals surface area contributed by atoms with Crippen molar-refractivity contribution < 1.29 is 0 Å². The molecule has 0 amide bonds. The molecule has 2 rings (SSSR count). The van der Waals surface area contributed by atoms with E-state index in [1.807, 2.05) is 0 Å². The minimum Gasteiger partial charge on any atom is -0.314 e. The van der Waals surface area contributed by atoms with E-state index in [2.05, 4.69) is 68.2 Å². The summed E-state index contributed by atoms with van der Waals surface area (Å²) in [6.07, 6.45) is 1.14. The summed E-state index contributed by atoms with van der Waals surface area (Å²) in [6, 6.07) is 10.8. The van der Waals surface area contributed by atoms with Crippen molar-refractivity contribution in [1.82, 2.24) is 10.2 Å². The molecule has 1 fully saturated rings. The highest BCUT2D eigenvalue weighted by Gasteiger charge is 2.34. The van der Waals surface area contributed by atoms with Gasteiger partial charge < -0.3 is 5.32 Å². The van der Waals surface area contributed by atoms with Crippen molar-refractivity contribution in [3.63, 3.8) is 0 Å². The molecule has 1 aromatic carbocycles. The lowest BCUT2D eigenvalue weighted by molar-refractivity contribution is 0.102. The first-order chi connectivity index (χ1) is 8.89. The van der Waals surface area contributed by atoms with Crippen molar-refractivity contribution in [3.05, 3.63) is 35.9 Å². The molecule has 2 heteroatoms. The summed E-state index contributed by atoms with van der Waals surface area (Å²) in [4.78, 5) is 2.65. The van der Waals surface area contributed by atoms with E-state index < -0.39 is 0 Å². The summed E-state index contributed by atoms with van der Waals surface area (Å²) in [7, 11) is 0. The van der Waals surface area contributed by atoms with Crippen LogP contribution in [0.2, 0.25) is 0 Å². The van der Waals surface area contributed by atoms with Gasteiger partial charge in [-0.05, 0) is 31.2 Å². The number of hydrogen-bond donors (Lipinski definition) is 1. The first-order valence-electron chi connectivity index (χ1n) is 7.39. The van der Waals surface area contributed by atoms with Crippen molar-refractivity contribution in [3.8, 4) is 0 Å². The van der Waals surface area contributed by atoms with Gasteiger partial charge in [0.25, 0.3) is 0 Å². The van der Waals surface area contributed by atoms with Crippen LogP contribution in [0.3, 0.4) is 0 Å². The zero-order valence-corrected chi connectivity index (χ0v) is 12.9. The summed E-state index contributed by atoms with van der Waals surface area (Å²) < 4.78 is 0. The van der Waals surface area contributed by atoms with Gasteiger partial charge in [-0.2, -0.15) is 0 Å². The molecule has 0 bridgehead atoms. The lowest BCUT2D eigenvalue weighted by Crippen LogP contribution is -2.50. The molecule has 0 atom stereocenters. The molecular weight excluding hydrogens is 232 g/mol. The van der Waals surface area contributed by atoms with Gasteiger partial charge in [-0.1, -0.05) is 44.2 Å². The minimum absolute atomic E-state index is 0.239. The van der Waals surface area contributed by atoms with Gasteiger partial charge >= 0.3 is 0 Å². The smallest absolute Gasteiger partial charge is 0.0278 e. The number of nitrogens with one attached hydrogen (secondary N) is 1. The molecular formula is C17H28N2. The summed E-state index contributed by atoms with van der Waals surface area (Å²) in [6.45, 7) is 13.9. The van der Waals surface area contributed by atoms with Crippen LogP contribution in [-0.2, 0) is 6.42 Å². The number of nitrogens with zero attached hydrogens (tertiary/aromatic N) is 1. The standard InChI is InChI=1S/C17H28N2/c1-16(2)12-18-13-17(3,4)19(14-16)11-10-15-8-6-5-7-9-15/h5-9,18H,10-14H2,1-4H3. The van der Waals surface area contributed by atoms with Crippen LogP contribution in [0, 0.1) is 5.41 Å². The van der Waals surface area contributed by atoms with Crippen LogP contribution < -0.4 is 5.32 Å². The van der Waals surface area contributed by atoms with Gasteiger partial charge in [-0.3, -0.25) is 4.90 Å². The zero-order chi connectivity index (χ0) is 13.9. The van der Waals surface area contributed by atoms with Crippen molar-refractivity contribution >= 4 is 0 Å². The second-order valence-corrected chi connectivity index (χ2v) is 7.24. The van der Waals surface area contributed by atoms with Crippen LogP contribution in [0.5, 0.6) is 0 Å². The highest BCUT2D eigenvalue weighted by molar-refractivity contribution is 5.15. The molecule has 0 unspecified atom stereocenters. The maximum atomic E-state index is 3.61. The topological polar surface area (TPSA) is 15.3 Å². The molecule has 1 aliphatic heterocycles. The molecule has 0 aliphatic carbocycles. The third-order valence-corrected chi connectivity index (χ3v) is 4.15. The maximum Gasteiger partial charge on any atom is 0.0278 e. The van der Waals surface area contributed by atoms with Crippen LogP contribution in [-0.4, -0.2) is 36.6 Å². The molecule has 2 nitrogen and oxygen atoms in total. The van der Waals surface area contributed by atoms with Gasteiger partial charge in [0.2, 0.25) is 0 Å². The average molecular weight is 260 g/mol. The van der Waals surface area contributed by atoms with E-state index in [4.69, 9.17) is 0 Å². The van der Waals surface area contributed by atoms with Gasteiger partial charge in [0.05, 0.1) is 0 Å². The Labute approximate surface area is 118 Å². The molecule has 19 heavy (non-hydrogen) atoms. The van der Waals surface area contributed by atoms with Crippen LogP contribution >= 0.6 is 0 Å². The zero-order valence-electron chi connectivity index (χ0n) is 12.9. The fraction of sp³-hybridized carbons (Fsp3) is 0.647. The Morgan fingerprint density at radius 3 is 2.42 bits per heavy atom. The van der Waals surface area contributed by atoms with Gasteiger partial charge in [0, 0.05) is 31.7 Å². The molecule has 0 saturated carbocycles. The molecule has 1 aliphatic rings. The molecule has 106 valence electrons. The maximum absolute atomic E-state index is 3.61. The van der Waals surface area contributed by atoms with Crippen molar-refractivity contribution in [1.29, 1.82) is 0 Å². The van der Waals surface area contributed by atoms with Crippen molar-refractivity contribution in [2.45, 2.75) is 39.7 Å². The van der Waals surface area contributed by atoms with Crippen LogP contribution in [0.25, 0.3) is 0 Å². The second kappa shape index (κ2) is 5.64. The minimum atomic E-state index is 0.239. The number of hydrogen-bond acceptors (Lipinski definition) is 2. The van der Waals surface area contributed by atoms with Crippen molar-refractivity contribution in [2.75, 3.05) is 26.2 Å². The van der Waals surface area contributed by atoms with Crippen molar-refractivity contribution in [2.24, 2.45) is 5.41 Å². The number of rotatable bonds is 3.